The van der Waals surface area contributed by atoms with E-state index in [1.165, 1.54) is 0 Å². The van der Waals surface area contributed by atoms with Gasteiger partial charge in [0.05, 0.1) is 16.9 Å². The van der Waals surface area contributed by atoms with Crippen LogP contribution in [0, 0.1) is 6.92 Å². The summed E-state index contributed by atoms with van der Waals surface area (Å²) in [6.07, 6.45) is 4.73. The summed E-state index contributed by atoms with van der Waals surface area (Å²) >= 11 is 1.54. The highest BCUT2D eigenvalue weighted by Gasteiger charge is 2.13. The molecule has 0 atom stereocenters. The topological polar surface area (TPSA) is 72.0 Å². The van der Waals surface area contributed by atoms with Crippen molar-refractivity contribution >= 4 is 22.1 Å². The van der Waals surface area contributed by atoms with Crippen molar-refractivity contribution in [2.45, 2.75) is 20.3 Å². The van der Waals surface area contributed by atoms with Gasteiger partial charge in [0, 0.05) is 11.9 Å². The Bertz CT molecular complexity index is 675. The quantitative estimate of drug-likeness (QED) is 0.729. The number of anilines is 1. The third kappa shape index (κ3) is 1.52. The van der Waals surface area contributed by atoms with Crippen LogP contribution in [0.1, 0.15) is 17.6 Å². The SMILES string of the molecule is CCc1nc(-c2cn3c(C)cnc3[nH]2)c(N)s1. The van der Waals surface area contributed by atoms with Gasteiger partial charge >= 0.3 is 0 Å². The van der Waals surface area contributed by atoms with Crippen LogP contribution >= 0.6 is 11.3 Å². The molecule has 3 N–H and O–H groups in total. The molecule has 5 nitrogen and oxygen atoms in total. The first-order chi connectivity index (χ1) is 8.19. The molecule has 3 aromatic heterocycles. The molecule has 6 heteroatoms. The minimum Gasteiger partial charge on any atom is -0.389 e. The smallest absolute Gasteiger partial charge is 0.211 e. The molecule has 3 rings (SSSR count). The minimum atomic E-state index is 0.754. The molecule has 3 heterocycles. The number of imidazole rings is 2. The number of aromatic nitrogens is 4. The van der Waals surface area contributed by atoms with Gasteiger partial charge in [0.15, 0.2) is 0 Å². The standard InChI is InChI=1S/C11H13N5S/c1-3-8-15-9(10(12)17-8)7-5-16-6(2)4-13-11(16)14-7/h4-5H,3,12H2,1-2H3,(H,13,14). The maximum absolute atomic E-state index is 5.98. The summed E-state index contributed by atoms with van der Waals surface area (Å²) in [5.74, 6) is 0.822. The number of rotatable bonds is 2. The first-order valence-corrected chi connectivity index (χ1v) is 6.29. The summed E-state index contributed by atoms with van der Waals surface area (Å²) in [5, 5.41) is 1.81. The second-order valence-electron chi connectivity index (χ2n) is 3.93. The van der Waals surface area contributed by atoms with Crippen molar-refractivity contribution in [2.75, 3.05) is 5.73 Å². The highest BCUT2D eigenvalue weighted by Crippen LogP contribution is 2.30. The van der Waals surface area contributed by atoms with Crippen LogP contribution in [0.4, 0.5) is 5.00 Å². The van der Waals surface area contributed by atoms with Gasteiger partial charge in [-0.05, 0) is 13.3 Å². The fraction of sp³-hybridized carbons (Fsp3) is 0.273. The van der Waals surface area contributed by atoms with E-state index in [0.29, 0.717) is 0 Å². The Labute approximate surface area is 102 Å². The van der Waals surface area contributed by atoms with Crippen LogP contribution < -0.4 is 5.73 Å². The Morgan fingerprint density at radius 2 is 2.35 bits per heavy atom. The molecule has 0 aliphatic heterocycles. The molecule has 17 heavy (non-hydrogen) atoms. The summed E-state index contributed by atoms with van der Waals surface area (Å²) in [6, 6.07) is 0. The highest BCUT2D eigenvalue weighted by molar-refractivity contribution is 7.16. The lowest BCUT2D eigenvalue weighted by Crippen LogP contribution is -1.86. The molecule has 0 spiro atoms. The molecule has 0 unspecified atom stereocenters. The van der Waals surface area contributed by atoms with Crippen molar-refractivity contribution in [3.8, 4) is 11.4 Å². The summed E-state index contributed by atoms with van der Waals surface area (Å²) in [7, 11) is 0. The Hall–Kier alpha value is -1.82. The average molecular weight is 247 g/mol. The van der Waals surface area contributed by atoms with Crippen molar-refractivity contribution in [3.63, 3.8) is 0 Å². The minimum absolute atomic E-state index is 0.754. The number of nitrogen functional groups attached to an aromatic ring is 1. The molecule has 0 aromatic carbocycles. The van der Waals surface area contributed by atoms with Crippen LogP contribution in [-0.2, 0) is 6.42 Å². The van der Waals surface area contributed by atoms with Gasteiger partial charge in [-0.25, -0.2) is 9.97 Å². The molecule has 0 saturated heterocycles. The molecule has 0 amide bonds. The summed E-state index contributed by atoms with van der Waals surface area (Å²) in [4.78, 5) is 12.0. The number of nitrogens with zero attached hydrogens (tertiary/aromatic N) is 3. The average Bonchev–Trinajstić information content (AvgIpc) is 2.95. The predicted octanol–water partition coefficient (Wildman–Crippen LogP) is 2.24. The Morgan fingerprint density at radius 1 is 1.53 bits per heavy atom. The van der Waals surface area contributed by atoms with Gasteiger partial charge < -0.3 is 10.7 Å². The van der Waals surface area contributed by atoms with E-state index in [0.717, 1.165) is 39.3 Å². The van der Waals surface area contributed by atoms with Crippen molar-refractivity contribution in [2.24, 2.45) is 0 Å². The third-order valence-electron chi connectivity index (χ3n) is 2.74. The van der Waals surface area contributed by atoms with Crippen LogP contribution in [0.15, 0.2) is 12.4 Å². The van der Waals surface area contributed by atoms with E-state index < -0.39 is 0 Å². The maximum atomic E-state index is 5.98. The Kier molecular flexibility index (Phi) is 2.19. The van der Waals surface area contributed by atoms with Crippen LogP contribution in [0.25, 0.3) is 17.2 Å². The molecule has 0 aliphatic carbocycles. The van der Waals surface area contributed by atoms with Crippen molar-refractivity contribution in [1.29, 1.82) is 0 Å². The van der Waals surface area contributed by atoms with Crippen LogP contribution in [0.3, 0.4) is 0 Å². The van der Waals surface area contributed by atoms with Gasteiger partial charge in [0.25, 0.3) is 0 Å². The van der Waals surface area contributed by atoms with Gasteiger partial charge in [-0.2, -0.15) is 0 Å². The molecule has 0 saturated carbocycles. The van der Waals surface area contributed by atoms with Crippen LogP contribution in [0.2, 0.25) is 0 Å². The van der Waals surface area contributed by atoms with E-state index in [4.69, 9.17) is 5.73 Å². The van der Waals surface area contributed by atoms with Gasteiger partial charge in [0.2, 0.25) is 5.78 Å². The summed E-state index contributed by atoms with van der Waals surface area (Å²) in [6.45, 7) is 4.09. The number of fused-ring (bicyclic) bond motifs is 1. The number of thiazole rings is 1. The molecule has 88 valence electrons. The fourth-order valence-electron chi connectivity index (χ4n) is 1.83. The van der Waals surface area contributed by atoms with E-state index >= 15 is 0 Å². The molecule has 0 radical (unpaired) electrons. The number of hydrogen-bond donors (Lipinski definition) is 2. The van der Waals surface area contributed by atoms with Crippen molar-refractivity contribution in [3.05, 3.63) is 23.1 Å². The number of nitrogens with two attached hydrogens (primary N) is 1. The number of hydrogen-bond acceptors (Lipinski definition) is 4. The number of aromatic amines is 1. The fourth-order valence-corrected chi connectivity index (χ4v) is 2.61. The lowest BCUT2D eigenvalue weighted by Gasteiger charge is -1.91. The van der Waals surface area contributed by atoms with E-state index in [2.05, 4.69) is 21.9 Å². The second-order valence-corrected chi connectivity index (χ2v) is 5.05. The van der Waals surface area contributed by atoms with Crippen LogP contribution in [-0.4, -0.2) is 19.4 Å². The lowest BCUT2D eigenvalue weighted by molar-refractivity contribution is 1.09. The Morgan fingerprint density at radius 3 is 3.00 bits per heavy atom. The van der Waals surface area contributed by atoms with Crippen molar-refractivity contribution in [1.82, 2.24) is 19.4 Å². The zero-order valence-corrected chi connectivity index (χ0v) is 10.5. The number of aryl methyl sites for hydroxylation is 2. The van der Waals surface area contributed by atoms with E-state index in [1.54, 1.807) is 11.3 Å². The highest BCUT2D eigenvalue weighted by atomic mass is 32.1. The zero-order chi connectivity index (χ0) is 12.0. The second kappa shape index (κ2) is 3.59. The van der Waals surface area contributed by atoms with Gasteiger partial charge in [0.1, 0.15) is 10.7 Å². The molecular weight excluding hydrogens is 234 g/mol. The monoisotopic (exact) mass is 247 g/mol. The van der Waals surface area contributed by atoms with Crippen LogP contribution in [0.5, 0.6) is 0 Å². The van der Waals surface area contributed by atoms with E-state index in [-0.39, 0.29) is 0 Å². The lowest BCUT2D eigenvalue weighted by atomic mass is 10.3. The Balaban J connectivity index is 2.16. The first kappa shape index (κ1) is 10.3. The predicted molar refractivity (Wildman–Crippen MR) is 69.2 cm³/mol. The third-order valence-corrected chi connectivity index (χ3v) is 3.77. The number of nitrogens with one attached hydrogen (secondary N) is 1. The van der Waals surface area contributed by atoms with E-state index in [9.17, 15) is 0 Å². The largest absolute Gasteiger partial charge is 0.389 e. The molecule has 0 fully saturated rings. The normalized spacial score (nSPS) is 11.4. The maximum Gasteiger partial charge on any atom is 0.211 e. The van der Waals surface area contributed by atoms with E-state index in [1.807, 2.05) is 23.7 Å². The summed E-state index contributed by atoms with van der Waals surface area (Å²) < 4.78 is 2.00. The molecule has 0 bridgehead atoms. The van der Waals surface area contributed by atoms with Crippen molar-refractivity contribution < 1.29 is 0 Å². The van der Waals surface area contributed by atoms with Gasteiger partial charge in [-0.1, -0.05) is 6.92 Å². The number of H-pyrrole nitrogens is 1. The van der Waals surface area contributed by atoms with Gasteiger partial charge in [-0.15, -0.1) is 11.3 Å². The first-order valence-electron chi connectivity index (χ1n) is 5.47. The zero-order valence-electron chi connectivity index (χ0n) is 9.69. The summed E-state index contributed by atoms with van der Waals surface area (Å²) in [5.41, 5.74) is 8.83. The molecular formula is C11H13N5S. The van der Waals surface area contributed by atoms with Gasteiger partial charge in [-0.3, -0.25) is 4.40 Å². The molecule has 3 aromatic rings. The molecule has 0 aliphatic rings.